The Balaban J connectivity index is 1.52. The van der Waals surface area contributed by atoms with E-state index in [9.17, 15) is 9.59 Å². The van der Waals surface area contributed by atoms with E-state index >= 15 is 0 Å². The summed E-state index contributed by atoms with van der Waals surface area (Å²) in [6, 6.07) is 16.3. The molecular weight excluding hydrogens is 444 g/mol. The van der Waals surface area contributed by atoms with Crippen molar-refractivity contribution in [3.05, 3.63) is 80.5 Å². The number of fused-ring (bicyclic) bond motifs is 1. The third-order valence-electron chi connectivity index (χ3n) is 6.79. The Morgan fingerprint density at radius 1 is 0.857 bits per heavy atom. The zero-order chi connectivity index (χ0) is 24.7. The lowest BCUT2D eigenvalue weighted by Gasteiger charge is -2.36. The predicted molar refractivity (Wildman–Crippen MR) is 138 cm³/mol. The summed E-state index contributed by atoms with van der Waals surface area (Å²) in [7, 11) is 4.85. The summed E-state index contributed by atoms with van der Waals surface area (Å²) < 4.78 is 9.85. The van der Waals surface area contributed by atoms with Crippen LogP contribution in [-0.2, 0) is 20.6 Å². The van der Waals surface area contributed by atoms with E-state index < -0.39 is 0 Å². The van der Waals surface area contributed by atoms with E-state index in [1.807, 2.05) is 16.7 Å². The quantitative estimate of drug-likeness (QED) is 0.441. The number of hydrogen-bond donors (Lipinski definition) is 0. The van der Waals surface area contributed by atoms with Crippen molar-refractivity contribution in [2.75, 3.05) is 43.1 Å². The second-order valence-electron chi connectivity index (χ2n) is 9.03. The summed E-state index contributed by atoms with van der Waals surface area (Å²) in [4.78, 5) is 35.2. The standard InChI is InChI=1S/C26H30N6O3/c1-18-5-7-19(8-6-18)17-32-22-23(28(2)26(34)29(3)24(22)33)27-25(32)31-15-13-30(14-16-31)20-9-11-21(35-4)12-10-20/h5-12H,13-17H2,1-4H3. The second kappa shape index (κ2) is 8.98. The highest BCUT2D eigenvalue weighted by molar-refractivity contribution is 5.75. The fourth-order valence-electron chi connectivity index (χ4n) is 4.66. The number of aromatic nitrogens is 4. The Labute approximate surface area is 203 Å². The fourth-order valence-corrected chi connectivity index (χ4v) is 4.66. The van der Waals surface area contributed by atoms with Crippen molar-refractivity contribution >= 4 is 22.8 Å². The van der Waals surface area contributed by atoms with Crippen molar-refractivity contribution in [2.24, 2.45) is 14.1 Å². The molecule has 0 spiro atoms. The average Bonchev–Trinajstić information content (AvgIpc) is 3.27. The largest absolute Gasteiger partial charge is 0.497 e. The minimum Gasteiger partial charge on any atom is -0.497 e. The number of piperazine rings is 1. The summed E-state index contributed by atoms with van der Waals surface area (Å²) in [5.74, 6) is 1.55. The van der Waals surface area contributed by atoms with Gasteiger partial charge < -0.3 is 14.5 Å². The Kier molecular flexibility index (Phi) is 5.84. The highest BCUT2D eigenvalue weighted by Crippen LogP contribution is 2.25. The molecule has 182 valence electrons. The van der Waals surface area contributed by atoms with Crippen molar-refractivity contribution < 1.29 is 4.74 Å². The molecule has 0 amide bonds. The monoisotopic (exact) mass is 474 g/mol. The number of imidazole rings is 1. The van der Waals surface area contributed by atoms with Crippen molar-refractivity contribution in [1.82, 2.24) is 18.7 Å². The van der Waals surface area contributed by atoms with Crippen LogP contribution in [0.25, 0.3) is 11.2 Å². The summed E-state index contributed by atoms with van der Waals surface area (Å²) in [6.45, 7) is 5.68. The molecule has 3 heterocycles. The molecule has 9 nitrogen and oxygen atoms in total. The van der Waals surface area contributed by atoms with E-state index in [1.54, 1.807) is 14.2 Å². The van der Waals surface area contributed by atoms with Crippen LogP contribution in [0.2, 0.25) is 0 Å². The molecule has 4 aromatic rings. The van der Waals surface area contributed by atoms with E-state index in [0.29, 0.717) is 23.7 Å². The molecule has 5 rings (SSSR count). The highest BCUT2D eigenvalue weighted by atomic mass is 16.5. The van der Waals surface area contributed by atoms with Crippen molar-refractivity contribution in [1.29, 1.82) is 0 Å². The van der Waals surface area contributed by atoms with Gasteiger partial charge in [-0.15, -0.1) is 0 Å². The molecule has 1 saturated heterocycles. The first kappa shape index (κ1) is 22.8. The van der Waals surface area contributed by atoms with Gasteiger partial charge >= 0.3 is 5.69 Å². The van der Waals surface area contributed by atoms with Gasteiger partial charge in [-0.2, -0.15) is 4.98 Å². The first-order valence-corrected chi connectivity index (χ1v) is 11.7. The topological polar surface area (TPSA) is 77.5 Å². The van der Waals surface area contributed by atoms with Crippen molar-refractivity contribution in [3.8, 4) is 5.75 Å². The average molecular weight is 475 g/mol. The Hall–Kier alpha value is -4.01. The smallest absolute Gasteiger partial charge is 0.332 e. The van der Waals surface area contributed by atoms with E-state index in [0.717, 1.165) is 47.7 Å². The second-order valence-corrected chi connectivity index (χ2v) is 9.03. The lowest BCUT2D eigenvalue weighted by atomic mass is 10.1. The van der Waals surface area contributed by atoms with Crippen molar-refractivity contribution in [3.63, 3.8) is 0 Å². The number of nitrogens with zero attached hydrogens (tertiary/aromatic N) is 6. The lowest BCUT2D eigenvalue weighted by molar-refractivity contribution is 0.415. The molecule has 35 heavy (non-hydrogen) atoms. The van der Waals surface area contributed by atoms with Crippen LogP contribution in [0.1, 0.15) is 11.1 Å². The molecule has 0 aliphatic carbocycles. The van der Waals surface area contributed by atoms with Gasteiger partial charge in [0, 0.05) is 46.0 Å². The van der Waals surface area contributed by atoms with Crippen LogP contribution < -0.4 is 25.8 Å². The molecule has 1 aliphatic heterocycles. The van der Waals surface area contributed by atoms with Gasteiger partial charge in [-0.25, -0.2) is 4.79 Å². The number of anilines is 2. The van der Waals surface area contributed by atoms with Gasteiger partial charge in [0.15, 0.2) is 11.2 Å². The first-order chi connectivity index (χ1) is 16.9. The van der Waals surface area contributed by atoms with E-state index in [1.165, 1.54) is 17.2 Å². The number of benzene rings is 2. The van der Waals surface area contributed by atoms with E-state index in [4.69, 9.17) is 9.72 Å². The molecule has 0 radical (unpaired) electrons. The first-order valence-electron chi connectivity index (χ1n) is 11.7. The summed E-state index contributed by atoms with van der Waals surface area (Å²) in [6.07, 6.45) is 0. The van der Waals surface area contributed by atoms with Crippen molar-refractivity contribution in [2.45, 2.75) is 13.5 Å². The molecule has 1 aliphatic rings. The SMILES string of the molecule is COc1ccc(N2CCN(c3nc4c(c(=O)n(C)c(=O)n4C)n3Cc3ccc(C)cc3)CC2)cc1. The van der Waals surface area contributed by atoms with Gasteiger partial charge in [0.1, 0.15) is 5.75 Å². The Morgan fingerprint density at radius 3 is 2.11 bits per heavy atom. The molecule has 9 heteroatoms. The van der Waals surface area contributed by atoms with Crippen LogP contribution in [0.4, 0.5) is 11.6 Å². The zero-order valence-electron chi connectivity index (χ0n) is 20.6. The zero-order valence-corrected chi connectivity index (χ0v) is 20.6. The van der Waals surface area contributed by atoms with E-state index in [-0.39, 0.29) is 11.2 Å². The Morgan fingerprint density at radius 2 is 1.49 bits per heavy atom. The molecule has 0 atom stereocenters. The number of hydrogen-bond acceptors (Lipinski definition) is 6. The number of rotatable bonds is 5. The third-order valence-corrected chi connectivity index (χ3v) is 6.79. The molecule has 0 unspecified atom stereocenters. The van der Waals surface area contributed by atoms with Crippen LogP contribution in [0.15, 0.2) is 58.1 Å². The normalized spacial score (nSPS) is 14.1. The maximum atomic E-state index is 13.2. The van der Waals surface area contributed by atoms with Gasteiger partial charge in [0.05, 0.1) is 13.7 Å². The summed E-state index contributed by atoms with van der Waals surface area (Å²) >= 11 is 0. The van der Waals surface area contributed by atoms with Crippen LogP contribution in [-0.4, -0.2) is 52.0 Å². The van der Waals surface area contributed by atoms with Gasteiger partial charge in [0.25, 0.3) is 5.56 Å². The highest BCUT2D eigenvalue weighted by Gasteiger charge is 2.26. The van der Waals surface area contributed by atoms with Gasteiger partial charge in [-0.3, -0.25) is 18.5 Å². The number of aryl methyl sites for hydroxylation is 2. The molecule has 2 aromatic carbocycles. The number of methoxy groups -OCH3 is 1. The minimum absolute atomic E-state index is 0.328. The molecule has 0 saturated carbocycles. The molecule has 2 aromatic heterocycles. The van der Waals surface area contributed by atoms with Gasteiger partial charge in [-0.05, 0) is 36.8 Å². The fraction of sp³-hybridized carbons (Fsp3) is 0.346. The minimum atomic E-state index is -0.377. The Bertz CT molecular complexity index is 1470. The summed E-state index contributed by atoms with van der Waals surface area (Å²) in [5.41, 5.74) is 3.56. The lowest BCUT2D eigenvalue weighted by Crippen LogP contribution is -2.47. The number of ether oxygens (including phenoxy) is 1. The predicted octanol–water partition coefficient (Wildman–Crippen LogP) is 2.13. The maximum Gasteiger partial charge on any atom is 0.332 e. The molecule has 1 fully saturated rings. The molecule has 0 N–H and O–H groups in total. The van der Waals surface area contributed by atoms with Gasteiger partial charge in [0.2, 0.25) is 5.95 Å². The van der Waals surface area contributed by atoms with Crippen LogP contribution >= 0.6 is 0 Å². The van der Waals surface area contributed by atoms with E-state index in [2.05, 4.69) is 53.1 Å². The van der Waals surface area contributed by atoms with Crippen LogP contribution in [0.3, 0.4) is 0 Å². The van der Waals surface area contributed by atoms with Gasteiger partial charge in [-0.1, -0.05) is 29.8 Å². The summed E-state index contributed by atoms with van der Waals surface area (Å²) in [5, 5.41) is 0. The third kappa shape index (κ3) is 4.07. The molecule has 0 bridgehead atoms. The van der Waals surface area contributed by atoms with Crippen LogP contribution in [0, 0.1) is 6.92 Å². The maximum absolute atomic E-state index is 13.2. The van der Waals surface area contributed by atoms with Crippen LogP contribution in [0.5, 0.6) is 5.75 Å². The molecular formula is C26H30N6O3.